The van der Waals surface area contributed by atoms with Crippen LogP contribution >= 0.6 is 0 Å². The molecule has 0 saturated heterocycles. The zero-order valence-electron chi connectivity index (χ0n) is 19.8. The number of aromatic amines is 1. The lowest BCUT2D eigenvalue weighted by Crippen LogP contribution is -2.32. The van der Waals surface area contributed by atoms with Gasteiger partial charge in [0.25, 0.3) is 5.91 Å². The lowest BCUT2D eigenvalue weighted by molar-refractivity contribution is 0.0755. The van der Waals surface area contributed by atoms with Gasteiger partial charge in [-0.3, -0.25) is 9.79 Å². The van der Waals surface area contributed by atoms with E-state index >= 15 is 0 Å². The molecule has 0 spiro atoms. The molecule has 3 rings (SSSR count). The first-order valence-corrected chi connectivity index (χ1v) is 11.3. The average molecular weight is 435 g/mol. The van der Waals surface area contributed by atoms with E-state index in [9.17, 15) is 9.90 Å². The van der Waals surface area contributed by atoms with Gasteiger partial charge < -0.3 is 19.9 Å². The zero-order chi connectivity index (χ0) is 23.3. The number of hydrogen-bond acceptors (Lipinski definition) is 4. The van der Waals surface area contributed by atoms with E-state index in [1.165, 1.54) is 5.56 Å². The van der Waals surface area contributed by atoms with Crippen molar-refractivity contribution in [3.63, 3.8) is 0 Å². The number of hydrogen-bond donors (Lipinski definition) is 2. The highest BCUT2D eigenvalue weighted by atomic mass is 16.3. The monoisotopic (exact) mass is 434 g/mol. The highest BCUT2D eigenvalue weighted by molar-refractivity contribution is 6.14. The van der Waals surface area contributed by atoms with Crippen LogP contribution in [0.5, 0.6) is 5.88 Å². The van der Waals surface area contributed by atoms with E-state index in [0.29, 0.717) is 16.8 Å². The van der Waals surface area contributed by atoms with Crippen LogP contribution in [0.2, 0.25) is 0 Å². The minimum absolute atomic E-state index is 0.0215. The van der Waals surface area contributed by atoms with Crippen LogP contribution in [-0.2, 0) is 6.54 Å². The van der Waals surface area contributed by atoms with Crippen LogP contribution in [-0.4, -0.2) is 58.7 Å². The SMILES string of the molecule is CCCN(CCC)C(=O)c1ccc2[nH]c(O)c(C(C)=Nc3cccc(CN(C)C)c3)c2c1. The van der Waals surface area contributed by atoms with Crippen molar-refractivity contribution in [1.82, 2.24) is 14.8 Å². The number of fused-ring (bicyclic) bond motifs is 1. The summed E-state index contributed by atoms with van der Waals surface area (Å²) < 4.78 is 0. The Bertz CT molecular complexity index is 1110. The highest BCUT2D eigenvalue weighted by Gasteiger charge is 2.19. The van der Waals surface area contributed by atoms with Crippen LogP contribution in [0, 0.1) is 0 Å². The fourth-order valence-corrected chi connectivity index (χ4v) is 4.05. The smallest absolute Gasteiger partial charge is 0.253 e. The van der Waals surface area contributed by atoms with Gasteiger partial charge in [0.1, 0.15) is 0 Å². The molecule has 1 heterocycles. The minimum atomic E-state index is 0.0215. The van der Waals surface area contributed by atoms with Crippen molar-refractivity contribution >= 4 is 28.2 Å². The van der Waals surface area contributed by atoms with Crippen molar-refractivity contribution in [2.45, 2.75) is 40.2 Å². The number of aliphatic imine (C=N–C) groups is 1. The maximum atomic E-state index is 13.1. The average Bonchev–Trinajstić information content (AvgIpc) is 3.07. The molecule has 0 atom stereocenters. The molecule has 3 aromatic rings. The molecule has 0 radical (unpaired) electrons. The Morgan fingerprint density at radius 1 is 1.06 bits per heavy atom. The number of carbonyl (C=O) groups excluding carboxylic acids is 1. The summed E-state index contributed by atoms with van der Waals surface area (Å²) in [5.41, 5.74) is 4.74. The molecule has 6 heteroatoms. The molecular weight excluding hydrogens is 400 g/mol. The number of nitrogens with zero attached hydrogens (tertiary/aromatic N) is 3. The van der Waals surface area contributed by atoms with Crippen molar-refractivity contribution in [2.75, 3.05) is 27.2 Å². The minimum Gasteiger partial charge on any atom is -0.494 e. The quantitative estimate of drug-likeness (QED) is 0.447. The van der Waals surface area contributed by atoms with Gasteiger partial charge in [-0.2, -0.15) is 0 Å². The Hall–Kier alpha value is -3.12. The molecule has 0 saturated carbocycles. The summed E-state index contributed by atoms with van der Waals surface area (Å²) in [6, 6.07) is 13.6. The number of rotatable bonds is 9. The molecule has 0 fully saturated rings. The van der Waals surface area contributed by atoms with Gasteiger partial charge in [0.05, 0.1) is 17.0 Å². The first-order chi connectivity index (χ1) is 15.3. The van der Waals surface area contributed by atoms with Crippen molar-refractivity contribution < 1.29 is 9.90 Å². The van der Waals surface area contributed by atoms with Gasteiger partial charge in [0.2, 0.25) is 0 Å². The number of H-pyrrole nitrogens is 1. The van der Waals surface area contributed by atoms with Crippen molar-refractivity contribution in [2.24, 2.45) is 4.99 Å². The molecule has 0 aliphatic heterocycles. The standard InChI is InChI=1S/C26H34N4O2/c1-6-13-30(14-7-2)26(32)20-11-12-23-22(16-20)24(25(31)28-23)18(3)27-21-10-8-9-19(15-21)17-29(4)5/h8-12,15-16,28,31H,6-7,13-14,17H2,1-5H3. The van der Waals surface area contributed by atoms with Crippen molar-refractivity contribution in [3.05, 3.63) is 59.2 Å². The molecule has 0 aliphatic rings. The molecule has 1 amide bonds. The van der Waals surface area contributed by atoms with Crippen LogP contribution in [0.4, 0.5) is 5.69 Å². The molecule has 2 N–H and O–H groups in total. The van der Waals surface area contributed by atoms with Gasteiger partial charge in [-0.05, 0) is 69.8 Å². The third kappa shape index (κ3) is 5.37. The predicted octanol–water partition coefficient (Wildman–Crippen LogP) is 5.34. The Balaban J connectivity index is 1.99. The van der Waals surface area contributed by atoms with E-state index in [-0.39, 0.29) is 11.8 Å². The van der Waals surface area contributed by atoms with Gasteiger partial charge in [-0.1, -0.05) is 26.0 Å². The topological polar surface area (TPSA) is 71.9 Å². The molecule has 6 nitrogen and oxygen atoms in total. The summed E-state index contributed by atoms with van der Waals surface area (Å²) >= 11 is 0. The van der Waals surface area contributed by atoms with Gasteiger partial charge in [-0.25, -0.2) is 0 Å². The maximum absolute atomic E-state index is 13.1. The number of benzene rings is 2. The fourth-order valence-electron chi connectivity index (χ4n) is 4.05. The lowest BCUT2D eigenvalue weighted by Gasteiger charge is -2.21. The number of amides is 1. The molecule has 0 bridgehead atoms. The Labute approximate surface area is 190 Å². The van der Waals surface area contributed by atoms with E-state index in [0.717, 1.165) is 49.1 Å². The first kappa shape index (κ1) is 23.5. The largest absolute Gasteiger partial charge is 0.494 e. The molecule has 1 aromatic heterocycles. The fraction of sp³-hybridized carbons (Fsp3) is 0.385. The lowest BCUT2D eigenvalue weighted by atomic mass is 10.0. The summed E-state index contributed by atoms with van der Waals surface area (Å²) in [6.45, 7) is 8.34. The molecule has 0 aliphatic carbocycles. The van der Waals surface area contributed by atoms with Crippen LogP contribution in [0.3, 0.4) is 0 Å². The second kappa shape index (κ2) is 10.5. The van der Waals surface area contributed by atoms with Gasteiger partial charge in [-0.15, -0.1) is 0 Å². The molecule has 32 heavy (non-hydrogen) atoms. The second-order valence-electron chi connectivity index (χ2n) is 8.51. The van der Waals surface area contributed by atoms with Gasteiger partial charge in [0, 0.05) is 36.1 Å². The first-order valence-electron chi connectivity index (χ1n) is 11.3. The van der Waals surface area contributed by atoms with Crippen LogP contribution in [0.25, 0.3) is 10.9 Å². The highest BCUT2D eigenvalue weighted by Crippen LogP contribution is 2.30. The Morgan fingerprint density at radius 2 is 1.78 bits per heavy atom. The number of carbonyl (C=O) groups is 1. The normalized spacial score (nSPS) is 12.0. The van der Waals surface area contributed by atoms with E-state index < -0.39 is 0 Å². The summed E-state index contributed by atoms with van der Waals surface area (Å²) in [7, 11) is 4.07. The number of aromatic hydroxyl groups is 1. The summed E-state index contributed by atoms with van der Waals surface area (Å²) in [6.07, 6.45) is 1.84. The molecule has 170 valence electrons. The van der Waals surface area contributed by atoms with Crippen LogP contribution in [0.1, 0.15) is 55.1 Å². The van der Waals surface area contributed by atoms with E-state index in [2.05, 4.69) is 35.9 Å². The van der Waals surface area contributed by atoms with Gasteiger partial charge in [0.15, 0.2) is 5.88 Å². The molecular formula is C26H34N4O2. The van der Waals surface area contributed by atoms with Crippen LogP contribution in [0.15, 0.2) is 47.5 Å². The third-order valence-electron chi connectivity index (χ3n) is 5.37. The maximum Gasteiger partial charge on any atom is 0.253 e. The Morgan fingerprint density at radius 3 is 2.44 bits per heavy atom. The van der Waals surface area contributed by atoms with E-state index in [1.54, 1.807) is 0 Å². The summed E-state index contributed by atoms with van der Waals surface area (Å²) in [5.74, 6) is 0.0856. The van der Waals surface area contributed by atoms with E-state index in [4.69, 9.17) is 4.99 Å². The van der Waals surface area contributed by atoms with Crippen molar-refractivity contribution in [3.8, 4) is 5.88 Å². The Kier molecular flexibility index (Phi) is 7.70. The third-order valence-corrected chi connectivity index (χ3v) is 5.37. The van der Waals surface area contributed by atoms with E-state index in [1.807, 2.05) is 56.3 Å². The zero-order valence-corrected chi connectivity index (χ0v) is 19.8. The number of aromatic nitrogens is 1. The summed E-state index contributed by atoms with van der Waals surface area (Å²) in [5, 5.41) is 11.4. The second-order valence-corrected chi connectivity index (χ2v) is 8.51. The van der Waals surface area contributed by atoms with Crippen LogP contribution < -0.4 is 0 Å². The molecule has 0 unspecified atom stereocenters. The summed E-state index contributed by atoms with van der Waals surface area (Å²) in [4.78, 5) is 24.9. The number of nitrogens with one attached hydrogen (secondary N) is 1. The predicted molar refractivity (Wildman–Crippen MR) is 132 cm³/mol. The van der Waals surface area contributed by atoms with Crippen molar-refractivity contribution in [1.29, 1.82) is 0 Å². The molecule has 2 aromatic carbocycles. The van der Waals surface area contributed by atoms with Gasteiger partial charge >= 0.3 is 0 Å².